The number of nitrogens with zero attached hydrogens (tertiary/aromatic N) is 4. The van der Waals surface area contributed by atoms with E-state index in [0.717, 1.165) is 37.2 Å². The third kappa shape index (κ3) is 5.85. The molecule has 0 saturated carbocycles. The fourth-order valence-corrected chi connectivity index (χ4v) is 4.97. The fraction of sp³-hybridized carbons (Fsp3) is 0.462. The van der Waals surface area contributed by atoms with Crippen molar-refractivity contribution in [2.24, 2.45) is 5.92 Å². The molecule has 1 aliphatic rings. The summed E-state index contributed by atoms with van der Waals surface area (Å²) < 4.78 is 0. The summed E-state index contributed by atoms with van der Waals surface area (Å²) in [4.78, 5) is 14.6. The Morgan fingerprint density at radius 2 is 1.94 bits per heavy atom. The van der Waals surface area contributed by atoms with E-state index in [0.29, 0.717) is 18.7 Å². The number of likely N-dealkylation sites (tertiary alicyclic amines) is 1. The maximum Gasteiger partial charge on any atom is 0.307 e. The zero-order valence-corrected chi connectivity index (χ0v) is 19.3. The molecule has 3 aromatic rings. The Labute approximate surface area is 195 Å². The van der Waals surface area contributed by atoms with Crippen molar-refractivity contribution in [1.29, 1.82) is 0 Å². The zero-order valence-electron chi connectivity index (χ0n) is 19.3. The van der Waals surface area contributed by atoms with Gasteiger partial charge < -0.3 is 5.11 Å². The number of piperidine rings is 1. The summed E-state index contributed by atoms with van der Waals surface area (Å²) in [7, 11) is 0. The fourth-order valence-electron chi connectivity index (χ4n) is 4.97. The molecule has 0 bridgehead atoms. The quantitative estimate of drug-likeness (QED) is 0.469. The zero-order chi connectivity index (χ0) is 23.0. The molecular weight excluding hydrogens is 414 g/mol. The molecule has 2 aromatic carbocycles. The second-order valence-corrected chi connectivity index (χ2v) is 9.01. The Hall–Kier alpha value is -3.06. The van der Waals surface area contributed by atoms with Gasteiger partial charge in [0.05, 0.1) is 5.92 Å². The number of carboxylic acid groups (broad SMARTS) is 1. The van der Waals surface area contributed by atoms with Crippen molar-refractivity contribution in [1.82, 2.24) is 25.5 Å². The molecule has 2 N–H and O–H groups in total. The summed E-state index contributed by atoms with van der Waals surface area (Å²) in [5.74, 6) is -1.23. The smallest absolute Gasteiger partial charge is 0.307 e. The van der Waals surface area contributed by atoms with Crippen molar-refractivity contribution in [3.63, 3.8) is 0 Å². The lowest BCUT2D eigenvalue weighted by Gasteiger charge is -2.27. The molecule has 174 valence electrons. The Bertz CT molecular complexity index is 1030. The molecule has 2 heterocycles. The number of aliphatic carboxylic acids is 1. The number of H-pyrrole nitrogens is 1. The van der Waals surface area contributed by atoms with Gasteiger partial charge in [-0.3, -0.25) is 9.69 Å². The molecule has 1 saturated heterocycles. The molecule has 0 radical (unpaired) electrons. The van der Waals surface area contributed by atoms with E-state index in [1.54, 1.807) is 0 Å². The first-order chi connectivity index (χ1) is 16.2. The number of hydrogen-bond acceptors (Lipinski definition) is 5. The van der Waals surface area contributed by atoms with Crippen molar-refractivity contribution in [2.45, 2.75) is 57.9 Å². The van der Waals surface area contributed by atoms with Crippen LogP contribution in [-0.2, 0) is 17.8 Å². The highest BCUT2D eigenvalue weighted by Crippen LogP contribution is 2.32. The summed E-state index contributed by atoms with van der Waals surface area (Å²) in [5.41, 5.74) is 4.82. The average Bonchev–Trinajstić information content (AvgIpc) is 3.37. The monoisotopic (exact) mass is 447 g/mol. The number of hydrogen-bond donors (Lipinski definition) is 2. The maximum atomic E-state index is 12.0. The summed E-state index contributed by atoms with van der Waals surface area (Å²) in [6, 6.07) is 17.1. The van der Waals surface area contributed by atoms with Gasteiger partial charge in [0.25, 0.3) is 0 Å². The molecule has 1 aliphatic heterocycles. The highest BCUT2D eigenvalue weighted by atomic mass is 16.4. The molecule has 7 heteroatoms. The minimum atomic E-state index is -0.810. The topological polar surface area (TPSA) is 95.0 Å². The molecule has 0 amide bonds. The van der Waals surface area contributed by atoms with Crippen molar-refractivity contribution >= 4 is 5.97 Å². The van der Waals surface area contributed by atoms with E-state index in [-0.39, 0.29) is 5.92 Å². The van der Waals surface area contributed by atoms with E-state index in [4.69, 9.17) is 0 Å². The van der Waals surface area contributed by atoms with Crippen LogP contribution in [0.25, 0.3) is 11.1 Å². The van der Waals surface area contributed by atoms with Crippen molar-refractivity contribution in [3.8, 4) is 11.1 Å². The number of benzene rings is 2. The molecule has 4 rings (SSSR count). The van der Waals surface area contributed by atoms with Crippen LogP contribution in [0.15, 0.2) is 48.5 Å². The van der Waals surface area contributed by atoms with E-state index in [9.17, 15) is 9.90 Å². The molecule has 33 heavy (non-hydrogen) atoms. The Kier molecular flexibility index (Phi) is 7.83. The van der Waals surface area contributed by atoms with E-state index < -0.39 is 11.9 Å². The summed E-state index contributed by atoms with van der Waals surface area (Å²) in [6.07, 6.45) is 5.80. The number of rotatable bonds is 10. The first kappa shape index (κ1) is 23.1. The van der Waals surface area contributed by atoms with Gasteiger partial charge >= 0.3 is 5.97 Å². The summed E-state index contributed by atoms with van der Waals surface area (Å²) in [6.45, 7) is 5.29. The highest BCUT2D eigenvalue weighted by molar-refractivity contribution is 5.71. The van der Waals surface area contributed by atoms with Crippen molar-refractivity contribution in [3.05, 3.63) is 65.5 Å². The van der Waals surface area contributed by atoms with Gasteiger partial charge in [-0.1, -0.05) is 73.5 Å². The molecule has 1 aromatic heterocycles. The molecule has 2 atom stereocenters. The normalized spacial score (nSPS) is 16.4. The van der Waals surface area contributed by atoms with Crippen LogP contribution in [0.3, 0.4) is 0 Å². The van der Waals surface area contributed by atoms with Crippen LogP contribution in [0.1, 0.15) is 61.9 Å². The van der Waals surface area contributed by atoms with Gasteiger partial charge in [-0.15, -0.1) is 10.2 Å². The van der Waals surface area contributed by atoms with Crippen LogP contribution in [0.5, 0.6) is 0 Å². The lowest BCUT2D eigenvalue weighted by atomic mass is 9.83. The van der Waals surface area contributed by atoms with Gasteiger partial charge in [0, 0.05) is 12.5 Å². The number of aromatic nitrogens is 4. The number of aromatic amines is 1. The maximum absolute atomic E-state index is 12.0. The molecule has 2 unspecified atom stereocenters. The summed E-state index contributed by atoms with van der Waals surface area (Å²) >= 11 is 0. The van der Waals surface area contributed by atoms with E-state index in [2.05, 4.69) is 74.1 Å². The van der Waals surface area contributed by atoms with E-state index >= 15 is 0 Å². The van der Waals surface area contributed by atoms with Gasteiger partial charge in [-0.25, -0.2) is 0 Å². The largest absolute Gasteiger partial charge is 0.481 e. The minimum Gasteiger partial charge on any atom is -0.481 e. The Balaban J connectivity index is 1.60. The summed E-state index contributed by atoms with van der Waals surface area (Å²) in [5, 5.41) is 24.3. The van der Waals surface area contributed by atoms with Crippen LogP contribution in [0.2, 0.25) is 0 Å². The molecule has 0 aliphatic carbocycles. The number of tetrazole rings is 1. The highest BCUT2D eigenvalue weighted by Gasteiger charge is 2.32. The van der Waals surface area contributed by atoms with Gasteiger partial charge in [0.15, 0.2) is 5.82 Å². The van der Waals surface area contributed by atoms with Gasteiger partial charge in [-0.2, -0.15) is 5.21 Å². The first-order valence-electron chi connectivity index (χ1n) is 12.0. The molecule has 1 fully saturated rings. The molecular formula is C26H33N5O2. The van der Waals surface area contributed by atoms with Crippen LogP contribution >= 0.6 is 0 Å². The lowest BCUT2D eigenvalue weighted by molar-refractivity contribution is -0.142. The lowest BCUT2D eigenvalue weighted by Crippen LogP contribution is -2.29. The van der Waals surface area contributed by atoms with E-state index in [1.807, 2.05) is 6.92 Å². The predicted octanol–water partition coefficient (Wildman–Crippen LogP) is 4.68. The van der Waals surface area contributed by atoms with Crippen molar-refractivity contribution in [2.75, 3.05) is 13.1 Å². The SMILES string of the molecule is CCCC(C(=O)O)C(Cc1cccc(-c2ccccc2CN2CCCCC2)c1)c1nn[nH]n1. The minimum absolute atomic E-state index is 0.333. The van der Waals surface area contributed by atoms with Gasteiger partial charge in [-0.05, 0) is 61.0 Å². The van der Waals surface area contributed by atoms with Crippen molar-refractivity contribution < 1.29 is 9.90 Å². The number of nitrogens with one attached hydrogen (secondary N) is 1. The number of carbonyl (C=O) groups is 1. The second-order valence-electron chi connectivity index (χ2n) is 9.01. The molecule has 7 nitrogen and oxygen atoms in total. The van der Waals surface area contributed by atoms with Crippen LogP contribution in [0, 0.1) is 5.92 Å². The number of carboxylic acids is 1. The standard InChI is InChI=1S/C26H33N5O2/c1-2-9-23(26(32)33)24(25-27-29-30-28-25)17-19-10-8-12-20(16-19)22-13-5-4-11-21(22)18-31-14-6-3-7-15-31/h4-5,8,10-13,16,23-24H,2-3,6-7,9,14-15,17-18H2,1H3,(H,32,33)(H,27,28,29,30). The molecule has 0 spiro atoms. The third-order valence-corrected chi connectivity index (χ3v) is 6.65. The Morgan fingerprint density at radius 3 is 2.67 bits per heavy atom. The second kappa shape index (κ2) is 11.2. The third-order valence-electron chi connectivity index (χ3n) is 6.65. The predicted molar refractivity (Wildman–Crippen MR) is 128 cm³/mol. The van der Waals surface area contributed by atoms with E-state index in [1.165, 1.54) is 30.4 Å². The van der Waals surface area contributed by atoms with Gasteiger partial charge in [0.1, 0.15) is 0 Å². The Morgan fingerprint density at radius 1 is 1.12 bits per heavy atom. The van der Waals surface area contributed by atoms with Crippen LogP contribution in [0.4, 0.5) is 0 Å². The first-order valence-corrected chi connectivity index (χ1v) is 12.0. The average molecular weight is 448 g/mol. The van der Waals surface area contributed by atoms with Crippen LogP contribution < -0.4 is 0 Å². The van der Waals surface area contributed by atoms with Gasteiger partial charge in [0.2, 0.25) is 0 Å². The van der Waals surface area contributed by atoms with Crippen LogP contribution in [-0.4, -0.2) is 49.7 Å².